The van der Waals surface area contributed by atoms with Gasteiger partial charge < -0.3 is 0 Å². The van der Waals surface area contributed by atoms with E-state index < -0.39 is 11.7 Å². The summed E-state index contributed by atoms with van der Waals surface area (Å²) in [7, 11) is 0. The Morgan fingerprint density at radius 2 is 1.68 bits per heavy atom. The number of pyridine rings is 1. The highest BCUT2D eigenvalue weighted by atomic mass is 35.5. The maximum atomic E-state index is 13.0. The topological polar surface area (TPSA) is 12.9 Å². The summed E-state index contributed by atoms with van der Waals surface area (Å²) in [6.45, 7) is 0. The zero-order valence-corrected chi connectivity index (χ0v) is 12.1. The minimum atomic E-state index is -4.45. The van der Waals surface area contributed by atoms with Gasteiger partial charge in [0.2, 0.25) is 0 Å². The van der Waals surface area contributed by atoms with E-state index in [1.807, 2.05) is 30.3 Å². The fourth-order valence-corrected chi connectivity index (χ4v) is 2.67. The lowest BCUT2D eigenvalue weighted by atomic mass is 10.0. The smallest absolute Gasteiger partial charge is 0.255 e. The quantitative estimate of drug-likeness (QED) is 0.607. The Balaban J connectivity index is 2.11. The van der Waals surface area contributed by atoms with Gasteiger partial charge in [-0.2, -0.15) is 13.2 Å². The average molecular weight is 322 g/mol. The first-order chi connectivity index (χ1) is 10.5. The summed E-state index contributed by atoms with van der Waals surface area (Å²) in [6.07, 6.45) is -2.50. The number of fused-ring (bicyclic) bond motifs is 1. The zero-order chi connectivity index (χ0) is 15.7. The molecule has 1 heterocycles. The maximum Gasteiger partial charge on any atom is 0.418 e. The van der Waals surface area contributed by atoms with Gasteiger partial charge in [0, 0.05) is 18.0 Å². The Bertz CT molecular complexity index is 813. The van der Waals surface area contributed by atoms with Crippen molar-refractivity contribution in [2.45, 2.75) is 12.6 Å². The lowest BCUT2D eigenvalue weighted by molar-refractivity contribution is -0.136. The first-order valence-electron chi connectivity index (χ1n) is 6.64. The molecule has 0 aliphatic rings. The molecule has 0 N–H and O–H groups in total. The third-order valence-corrected chi connectivity index (χ3v) is 3.89. The van der Waals surface area contributed by atoms with E-state index in [1.54, 1.807) is 6.07 Å². The van der Waals surface area contributed by atoms with E-state index in [2.05, 4.69) is 4.98 Å². The van der Waals surface area contributed by atoms with Crippen LogP contribution in [-0.4, -0.2) is 4.98 Å². The van der Waals surface area contributed by atoms with E-state index in [4.69, 9.17) is 11.6 Å². The number of halogens is 4. The first-order valence-corrected chi connectivity index (χ1v) is 7.02. The highest BCUT2D eigenvalue weighted by Crippen LogP contribution is 2.36. The molecule has 0 aliphatic carbocycles. The van der Waals surface area contributed by atoms with Gasteiger partial charge in [-0.3, -0.25) is 4.98 Å². The molecule has 3 aromatic rings. The van der Waals surface area contributed by atoms with Gasteiger partial charge in [-0.25, -0.2) is 0 Å². The number of rotatable bonds is 2. The van der Waals surface area contributed by atoms with E-state index in [0.717, 1.165) is 11.6 Å². The summed E-state index contributed by atoms with van der Waals surface area (Å²) < 4.78 is 39.0. The number of benzene rings is 2. The highest BCUT2D eigenvalue weighted by molar-refractivity contribution is 6.36. The third-order valence-electron chi connectivity index (χ3n) is 3.45. The molecule has 0 spiro atoms. The van der Waals surface area contributed by atoms with Crippen molar-refractivity contribution in [3.8, 4) is 0 Å². The van der Waals surface area contributed by atoms with Gasteiger partial charge in [0.25, 0.3) is 0 Å². The van der Waals surface area contributed by atoms with Crippen LogP contribution in [0.3, 0.4) is 0 Å². The molecule has 1 nitrogen and oxygen atoms in total. The number of nitrogens with zero attached hydrogens (tertiary/aromatic N) is 1. The summed E-state index contributed by atoms with van der Waals surface area (Å²) in [5.41, 5.74) is 0.854. The van der Waals surface area contributed by atoms with Crippen LogP contribution in [0.5, 0.6) is 0 Å². The van der Waals surface area contributed by atoms with E-state index in [9.17, 15) is 13.2 Å². The van der Waals surface area contributed by atoms with Gasteiger partial charge in [0.05, 0.1) is 16.1 Å². The number of alkyl halides is 3. The summed E-state index contributed by atoms with van der Waals surface area (Å²) in [5, 5.41) is 0.643. The Hall–Kier alpha value is -2.07. The molecule has 0 unspecified atom stereocenters. The molecule has 0 saturated heterocycles. The monoisotopic (exact) mass is 321 g/mol. The Labute approximate surface area is 130 Å². The molecule has 0 radical (unpaired) electrons. The van der Waals surface area contributed by atoms with Crippen LogP contribution in [0.1, 0.15) is 16.7 Å². The van der Waals surface area contributed by atoms with Gasteiger partial charge in [-0.15, -0.1) is 0 Å². The van der Waals surface area contributed by atoms with E-state index >= 15 is 0 Å². The molecule has 2 aromatic carbocycles. The molecular weight excluding hydrogens is 311 g/mol. The molecule has 0 fully saturated rings. The van der Waals surface area contributed by atoms with Crippen LogP contribution in [0.4, 0.5) is 13.2 Å². The van der Waals surface area contributed by atoms with Crippen molar-refractivity contribution >= 4 is 22.5 Å². The Morgan fingerprint density at radius 1 is 0.955 bits per heavy atom. The zero-order valence-electron chi connectivity index (χ0n) is 11.4. The summed E-state index contributed by atoms with van der Waals surface area (Å²) in [5.74, 6) is 0. The standard InChI is InChI=1S/C17H11ClF3N/c18-15-12(9-11-5-2-1-3-6-11)10-22-16-13(15)7-4-8-14(16)17(19,20)21/h1-8,10H,9H2. The summed E-state index contributed by atoms with van der Waals surface area (Å²) in [6, 6.07) is 13.5. The lowest BCUT2D eigenvalue weighted by Crippen LogP contribution is -2.07. The van der Waals surface area contributed by atoms with Crippen molar-refractivity contribution in [2.24, 2.45) is 0 Å². The largest absolute Gasteiger partial charge is 0.418 e. The fourth-order valence-electron chi connectivity index (χ4n) is 2.40. The van der Waals surface area contributed by atoms with Crippen molar-refractivity contribution in [3.05, 3.63) is 76.4 Å². The van der Waals surface area contributed by atoms with E-state index in [-0.39, 0.29) is 5.52 Å². The molecule has 0 atom stereocenters. The predicted octanol–water partition coefficient (Wildman–Crippen LogP) is 5.50. The van der Waals surface area contributed by atoms with Crippen molar-refractivity contribution in [2.75, 3.05) is 0 Å². The van der Waals surface area contributed by atoms with Crippen molar-refractivity contribution < 1.29 is 13.2 Å². The van der Waals surface area contributed by atoms with Gasteiger partial charge in [0.15, 0.2) is 0 Å². The van der Waals surface area contributed by atoms with Crippen LogP contribution in [0.15, 0.2) is 54.7 Å². The van der Waals surface area contributed by atoms with Gasteiger partial charge in [-0.05, 0) is 17.2 Å². The Morgan fingerprint density at radius 3 is 2.36 bits per heavy atom. The van der Waals surface area contributed by atoms with Gasteiger partial charge in [0.1, 0.15) is 0 Å². The maximum absolute atomic E-state index is 13.0. The van der Waals surface area contributed by atoms with E-state index in [0.29, 0.717) is 22.4 Å². The summed E-state index contributed by atoms with van der Waals surface area (Å²) >= 11 is 6.31. The normalized spacial score (nSPS) is 11.8. The second-order valence-corrected chi connectivity index (χ2v) is 5.34. The molecular formula is C17H11ClF3N. The molecule has 0 amide bonds. The van der Waals surface area contributed by atoms with Crippen LogP contribution >= 0.6 is 11.6 Å². The van der Waals surface area contributed by atoms with Gasteiger partial charge >= 0.3 is 6.18 Å². The minimum absolute atomic E-state index is 0.114. The van der Waals surface area contributed by atoms with Crippen LogP contribution < -0.4 is 0 Å². The minimum Gasteiger partial charge on any atom is -0.255 e. The van der Waals surface area contributed by atoms with Crippen molar-refractivity contribution in [1.29, 1.82) is 0 Å². The number of hydrogen-bond donors (Lipinski definition) is 0. The Kier molecular flexibility index (Phi) is 3.79. The van der Waals surface area contributed by atoms with Crippen molar-refractivity contribution in [3.63, 3.8) is 0 Å². The van der Waals surface area contributed by atoms with Crippen molar-refractivity contribution in [1.82, 2.24) is 4.98 Å². The number of aromatic nitrogens is 1. The molecule has 0 saturated carbocycles. The summed E-state index contributed by atoms with van der Waals surface area (Å²) in [4.78, 5) is 4.00. The molecule has 0 aliphatic heterocycles. The molecule has 112 valence electrons. The highest BCUT2D eigenvalue weighted by Gasteiger charge is 2.33. The van der Waals surface area contributed by atoms with Crippen LogP contribution in [0.2, 0.25) is 5.02 Å². The average Bonchev–Trinajstić information content (AvgIpc) is 2.50. The number of hydrogen-bond acceptors (Lipinski definition) is 1. The predicted molar refractivity (Wildman–Crippen MR) is 81.0 cm³/mol. The van der Waals surface area contributed by atoms with Gasteiger partial charge in [-0.1, -0.05) is 54.1 Å². The lowest BCUT2D eigenvalue weighted by Gasteiger charge is -2.12. The molecule has 3 rings (SSSR count). The molecule has 22 heavy (non-hydrogen) atoms. The SMILES string of the molecule is FC(F)(F)c1cccc2c(Cl)c(Cc3ccccc3)cnc12. The van der Waals surface area contributed by atoms with Crippen LogP contribution in [0, 0.1) is 0 Å². The second kappa shape index (κ2) is 5.61. The number of para-hydroxylation sites is 1. The second-order valence-electron chi connectivity index (χ2n) is 4.96. The molecule has 0 bridgehead atoms. The van der Waals surface area contributed by atoms with E-state index in [1.165, 1.54) is 12.3 Å². The fraction of sp³-hybridized carbons (Fsp3) is 0.118. The first kappa shape index (κ1) is 14.9. The van der Waals surface area contributed by atoms with Crippen LogP contribution in [0.25, 0.3) is 10.9 Å². The molecule has 5 heteroatoms. The molecule has 1 aromatic heterocycles. The third kappa shape index (κ3) is 2.79. The van der Waals surface area contributed by atoms with Crippen LogP contribution in [-0.2, 0) is 12.6 Å².